The Bertz CT molecular complexity index is 194. The quantitative estimate of drug-likeness (QED) is 0.583. The van der Waals surface area contributed by atoms with Crippen LogP contribution < -0.4 is 5.73 Å². The van der Waals surface area contributed by atoms with Crippen LogP contribution in [0.4, 0.5) is 0 Å². The molecule has 0 aromatic rings. The minimum absolute atomic E-state index is 0.0461. The van der Waals surface area contributed by atoms with Gasteiger partial charge in [-0.15, -0.1) is 6.42 Å². The van der Waals surface area contributed by atoms with E-state index < -0.39 is 0 Å². The first-order chi connectivity index (χ1) is 6.15. The third-order valence-corrected chi connectivity index (χ3v) is 1.75. The van der Waals surface area contributed by atoms with E-state index in [4.69, 9.17) is 16.9 Å². The van der Waals surface area contributed by atoms with Gasteiger partial charge in [-0.1, -0.05) is 5.92 Å². The van der Waals surface area contributed by atoms with Crippen molar-refractivity contribution < 1.29 is 9.53 Å². The highest BCUT2D eigenvalue weighted by Crippen LogP contribution is 1.98. The number of carbonyl (C=O) groups is 1. The predicted octanol–water partition coefficient (Wildman–Crippen LogP) is -0.558. The number of hydrogen-bond donors (Lipinski definition) is 1. The van der Waals surface area contributed by atoms with Gasteiger partial charge in [0.15, 0.2) is 0 Å². The van der Waals surface area contributed by atoms with Crippen molar-refractivity contribution in [2.45, 2.75) is 12.5 Å². The fraction of sp³-hybridized carbons (Fsp3) is 0.667. The van der Waals surface area contributed by atoms with E-state index in [0.29, 0.717) is 13.1 Å². The fourth-order valence-electron chi connectivity index (χ4n) is 0.839. The summed E-state index contributed by atoms with van der Waals surface area (Å²) in [5.74, 6) is 2.34. The normalized spacial score (nSPS) is 11.8. The van der Waals surface area contributed by atoms with E-state index in [1.807, 2.05) is 0 Å². The smallest absolute Gasteiger partial charge is 0.225 e. The average molecular weight is 184 g/mol. The first-order valence-corrected chi connectivity index (χ1v) is 4.06. The lowest BCUT2D eigenvalue weighted by atomic mass is 10.2. The summed E-state index contributed by atoms with van der Waals surface area (Å²) in [6, 6.07) is 0. The van der Waals surface area contributed by atoms with Gasteiger partial charge in [-0.05, 0) is 0 Å². The number of terminal acetylenes is 1. The summed E-state index contributed by atoms with van der Waals surface area (Å²) in [5.41, 5.74) is 5.37. The summed E-state index contributed by atoms with van der Waals surface area (Å²) < 4.78 is 4.97. The van der Waals surface area contributed by atoms with E-state index in [9.17, 15) is 4.79 Å². The summed E-state index contributed by atoms with van der Waals surface area (Å²) in [4.78, 5) is 12.8. The highest BCUT2D eigenvalue weighted by molar-refractivity contribution is 5.76. The van der Waals surface area contributed by atoms with E-state index in [1.54, 1.807) is 7.05 Å². The van der Waals surface area contributed by atoms with Gasteiger partial charge in [-0.25, -0.2) is 0 Å². The number of nitrogens with zero attached hydrogens (tertiary/aromatic N) is 1. The first kappa shape index (κ1) is 11.9. The second-order valence-corrected chi connectivity index (χ2v) is 2.75. The van der Waals surface area contributed by atoms with Crippen molar-refractivity contribution in [3.05, 3.63) is 0 Å². The largest absolute Gasteiger partial charge is 0.380 e. The van der Waals surface area contributed by atoms with Crippen molar-refractivity contribution in [2.75, 3.05) is 27.2 Å². The van der Waals surface area contributed by atoms with Gasteiger partial charge in [-0.3, -0.25) is 4.79 Å². The molecule has 4 nitrogen and oxygen atoms in total. The highest BCUT2D eigenvalue weighted by Gasteiger charge is 2.14. The van der Waals surface area contributed by atoms with Crippen molar-refractivity contribution in [1.82, 2.24) is 4.90 Å². The van der Waals surface area contributed by atoms with Crippen LogP contribution in [0.3, 0.4) is 0 Å². The molecular weight excluding hydrogens is 168 g/mol. The van der Waals surface area contributed by atoms with Gasteiger partial charge in [0.25, 0.3) is 0 Å². The molecule has 0 rings (SSSR count). The number of ether oxygens (including phenoxy) is 1. The molecule has 0 spiro atoms. The van der Waals surface area contributed by atoms with Crippen molar-refractivity contribution >= 4 is 5.91 Å². The molecule has 0 aliphatic rings. The molecule has 74 valence electrons. The fourth-order valence-corrected chi connectivity index (χ4v) is 0.839. The van der Waals surface area contributed by atoms with Crippen LogP contribution in [0.25, 0.3) is 0 Å². The number of methoxy groups -OCH3 is 1. The van der Waals surface area contributed by atoms with Crippen molar-refractivity contribution in [3.8, 4) is 12.3 Å². The Labute approximate surface area is 79.0 Å². The monoisotopic (exact) mass is 184 g/mol. The lowest BCUT2D eigenvalue weighted by Gasteiger charge is -2.17. The highest BCUT2D eigenvalue weighted by atomic mass is 16.5. The third kappa shape index (κ3) is 4.51. The Morgan fingerprint density at radius 1 is 1.77 bits per heavy atom. The van der Waals surface area contributed by atoms with E-state index >= 15 is 0 Å². The summed E-state index contributed by atoms with van der Waals surface area (Å²) in [6.45, 7) is 0.659. The van der Waals surface area contributed by atoms with E-state index in [1.165, 1.54) is 12.0 Å². The molecule has 0 saturated carbocycles. The summed E-state index contributed by atoms with van der Waals surface area (Å²) >= 11 is 0. The maximum Gasteiger partial charge on any atom is 0.225 e. The number of rotatable bonds is 5. The molecule has 1 unspecified atom stereocenters. The van der Waals surface area contributed by atoms with Crippen LogP contribution >= 0.6 is 0 Å². The Morgan fingerprint density at radius 3 is 2.77 bits per heavy atom. The van der Waals surface area contributed by atoms with Gasteiger partial charge in [0, 0.05) is 20.7 Å². The lowest BCUT2D eigenvalue weighted by molar-refractivity contribution is -0.131. The van der Waals surface area contributed by atoms with Crippen LogP contribution in [0.1, 0.15) is 6.42 Å². The minimum Gasteiger partial charge on any atom is -0.380 e. The summed E-state index contributed by atoms with van der Waals surface area (Å²) in [6.07, 6.45) is 5.13. The van der Waals surface area contributed by atoms with E-state index in [0.717, 1.165) is 0 Å². The number of nitrogens with two attached hydrogens (primary N) is 1. The Hall–Kier alpha value is -1.05. The second-order valence-electron chi connectivity index (χ2n) is 2.75. The molecule has 0 aliphatic heterocycles. The number of hydrogen-bond acceptors (Lipinski definition) is 3. The molecule has 1 atom stereocenters. The molecule has 0 heterocycles. The third-order valence-electron chi connectivity index (χ3n) is 1.75. The van der Waals surface area contributed by atoms with Crippen LogP contribution in [0.15, 0.2) is 0 Å². The molecule has 0 saturated heterocycles. The van der Waals surface area contributed by atoms with Crippen molar-refractivity contribution in [1.29, 1.82) is 0 Å². The van der Waals surface area contributed by atoms with E-state index in [-0.39, 0.29) is 18.4 Å². The SMILES string of the molecule is C#CCN(C)C(=O)CC(CN)OC. The molecule has 1 amide bonds. The molecule has 4 heteroatoms. The van der Waals surface area contributed by atoms with Crippen molar-refractivity contribution in [3.63, 3.8) is 0 Å². The average Bonchev–Trinajstić information content (AvgIpc) is 2.14. The van der Waals surface area contributed by atoms with E-state index in [2.05, 4.69) is 5.92 Å². The molecule has 0 aromatic heterocycles. The molecule has 0 radical (unpaired) electrons. The molecular formula is C9H16N2O2. The number of carbonyl (C=O) groups excluding carboxylic acids is 1. The summed E-state index contributed by atoms with van der Waals surface area (Å²) in [7, 11) is 3.19. The van der Waals surface area contributed by atoms with Crippen LogP contribution in [0, 0.1) is 12.3 Å². The molecule has 2 N–H and O–H groups in total. The lowest BCUT2D eigenvalue weighted by Crippen LogP contribution is -2.33. The molecule has 0 fully saturated rings. The molecule has 0 aliphatic carbocycles. The van der Waals surface area contributed by atoms with Gasteiger partial charge in [0.2, 0.25) is 5.91 Å². The van der Waals surface area contributed by atoms with Gasteiger partial charge >= 0.3 is 0 Å². The number of amides is 1. The maximum atomic E-state index is 11.4. The standard InChI is InChI=1S/C9H16N2O2/c1-4-5-11(2)9(12)6-8(7-10)13-3/h1,8H,5-7,10H2,2-3H3. The molecule has 0 bridgehead atoms. The van der Waals surface area contributed by atoms with Crippen molar-refractivity contribution in [2.24, 2.45) is 5.73 Å². The van der Waals surface area contributed by atoms with Gasteiger partial charge in [-0.2, -0.15) is 0 Å². The van der Waals surface area contributed by atoms with Gasteiger partial charge in [0.1, 0.15) is 0 Å². The maximum absolute atomic E-state index is 11.4. The minimum atomic E-state index is -0.215. The first-order valence-electron chi connectivity index (χ1n) is 4.06. The van der Waals surface area contributed by atoms with Crippen LogP contribution in [-0.2, 0) is 9.53 Å². The van der Waals surface area contributed by atoms with Crippen LogP contribution in [-0.4, -0.2) is 44.2 Å². The molecule has 13 heavy (non-hydrogen) atoms. The van der Waals surface area contributed by atoms with Crippen LogP contribution in [0.5, 0.6) is 0 Å². The topological polar surface area (TPSA) is 55.6 Å². The second kappa shape index (κ2) is 6.46. The van der Waals surface area contributed by atoms with Gasteiger partial charge < -0.3 is 15.4 Å². The summed E-state index contributed by atoms with van der Waals surface area (Å²) in [5, 5.41) is 0. The zero-order valence-corrected chi connectivity index (χ0v) is 8.12. The Balaban J connectivity index is 3.91. The molecule has 0 aromatic carbocycles. The Kier molecular flexibility index (Phi) is 5.94. The van der Waals surface area contributed by atoms with Crippen LogP contribution in [0.2, 0.25) is 0 Å². The van der Waals surface area contributed by atoms with Gasteiger partial charge in [0.05, 0.1) is 19.1 Å². The zero-order valence-electron chi connectivity index (χ0n) is 8.12. The Morgan fingerprint density at radius 2 is 2.38 bits per heavy atom. The zero-order chi connectivity index (χ0) is 10.3. The predicted molar refractivity (Wildman–Crippen MR) is 50.9 cm³/mol.